The fourth-order valence-electron chi connectivity index (χ4n) is 4.25. The Morgan fingerprint density at radius 3 is 2.46 bits per heavy atom. The number of nitrogens with zero attached hydrogens (tertiary/aromatic N) is 4. The molecule has 0 bridgehead atoms. The summed E-state index contributed by atoms with van der Waals surface area (Å²) in [7, 11) is -3.69. The highest BCUT2D eigenvalue weighted by atomic mass is 32.2. The first-order chi connectivity index (χ1) is 16.3. The van der Waals surface area contributed by atoms with Gasteiger partial charge in [-0.05, 0) is 43.9 Å². The Kier molecular flexibility index (Phi) is 7.36. The number of anilines is 1. The van der Waals surface area contributed by atoms with Gasteiger partial charge in [-0.15, -0.1) is 0 Å². The topological polar surface area (TPSA) is 148 Å². The summed E-state index contributed by atoms with van der Waals surface area (Å²) in [6, 6.07) is 9.94. The predicted octanol–water partition coefficient (Wildman–Crippen LogP) is 4.50. The smallest absolute Gasteiger partial charge is 0.272 e. The van der Waals surface area contributed by atoms with Crippen LogP contribution in [0.3, 0.4) is 0 Å². The number of benzene rings is 2. The van der Waals surface area contributed by atoms with Crippen LogP contribution in [0.2, 0.25) is 0 Å². The standard InChI is InChI=1S/C23H27N5O6S/c1-16(2)20-14-26(35(33,34)19-8-5-17(3)6-9-19)15-23(20,4)11-12-24-25-21-10-7-18(27(29)30)13-22(21)28(31)32/h5-10,12-13,20,25H,1,11,14-15H2,2-4H3/b24-12+/t20-,23-/m0/s1. The summed E-state index contributed by atoms with van der Waals surface area (Å²) in [6.45, 7) is 10.3. The summed E-state index contributed by atoms with van der Waals surface area (Å²) in [6.07, 6.45) is 1.90. The van der Waals surface area contributed by atoms with E-state index in [4.69, 9.17) is 0 Å². The van der Waals surface area contributed by atoms with Crippen LogP contribution in [0.1, 0.15) is 25.8 Å². The van der Waals surface area contributed by atoms with Gasteiger partial charge in [0.05, 0.1) is 20.8 Å². The molecular weight excluding hydrogens is 474 g/mol. The third-order valence-electron chi connectivity index (χ3n) is 6.24. The molecule has 0 radical (unpaired) electrons. The zero-order valence-corrected chi connectivity index (χ0v) is 20.5. The predicted molar refractivity (Wildman–Crippen MR) is 133 cm³/mol. The minimum Gasteiger partial charge on any atom is -0.272 e. The Morgan fingerprint density at radius 2 is 1.89 bits per heavy atom. The molecule has 11 nitrogen and oxygen atoms in total. The molecule has 0 aromatic heterocycles. The molecule has 1 N–H and O–H groups in total. The average molecular weight is 502 g/mol. The van der Waals surface area contributed by atoms with E-state index in [1.54, 1.807) is 24.3 Å². The van der Waals surface area contributed by atoms with Crippen molar-refractivity contribution in [2.24, 2.45) is 16.4 Å². The lowest BCUT2D eigenvalue weighted by atomic mass is 9.74. The maximum atomic E-state index is 13.2. The first kappa shape index (κ1) is 26.0. The highest BCUT2D eigenvalue weighted by Gasteiger charge is 2.46. The summed E-state index contributed by atoms with van der Waals surface area (Å²) in [4.78, 5) is 21.0. The molecule has 3 rings (SSSR count). The number of aryl methyl sites for hydroxylation is 1. The van der Waals surface area contributed by atoms with Gasteiger partial charge in [-0.1, -0.05) is 36.8 Å². The molecule has 1 fully saturated rings. The second kappa shape index (κ2) is 9.92. The van der Waals surface area contributed by atoms with Gasteiger partial charge in [0.25, 0.3) is 5.69 Å². The van der Waals surface area contributed by atoms with E-state index < -0.39 is 36.7 Å². The monoisotopic (exact) mass is 501 g/mol. The normalized spacial score (nSPS) is 20.7. The molecule has 0 aliphatic carbocycles. The van der Waals surface area contributed by atoms with Crippen LogP contribution in [-0.2, 0) is 10.0 Å². The van der Waals surface area contributed by atoms with Crippen LogP contribution in [0.25, 0.3) is 0 Å². The molecular formula is C23H27N5O6S. The largest absolute Gasteiger partial charge is 0.301 e. The Hall–Kier alpha value is -3.64. The lowest BCUT2D eigenvalue weighted by Gasteiger charge is -2.29. The van der Waals surface area contributed by atoms with Crippen molar-refractivity contribution >= 4 is 33.3 Å². The third-order valence-corrected chi connectivity index (χ3v) is 8.07. The number of nitro groups is 2. The molecule has 0 saturated carbocycles. The molecule has 0 unspecified atom stereocenters. The number of nitro benzene ring substituents is 2. The van der Waals surface area contributed by atoms with Crippen LogP contribution >= 0.6 is 0 Å². The summed E-state index contributed by atoms with van der Waals surface area (Å²) in [5.41, 5.74) is 3.01. The van der Waals surface area contributed by atoms with Gasteiger partial charge in [-0.3, -0.25) is 25.7 Å². The maximum absolute atomic E-state index is 13.2. The molecule has 186 valence electrons. The summed E-state index contributed by atoms with van der Waals surface area (Å²) in [5.74, 6) is -0.122. The molecule has 1 heterocycles. The summed E-state index contributed by atoms with van der Waals surface area (Å²) < 4.78 is 27.9. The van der Waals surface area contributed by atoms with E-state index >= 15 is 0 Å². The van der Waals surface area contributed by atoms with Gasteiger partial charge in [0.15, 0.2) is 0 Å². The minimum atomic E-state index is -3.69. The van der Waals surface area contributed by atoms with Crippen molar-refractivity contribution in [1.29, 1.82) is 0 Å². The van der Waals surface area contributed by atoms with Crippen molar-refractivity contribution in [3.63, 3.8) is 0 Å². The average Bonchev–Trinajstić information content (AvgIpc) is 3.15. The number of nitrogens with one attached hydrogen (secondary N) is 1. The van der Waals surface area contributed by atoms with E-state index in [1.165, 1.54) is 16.6 Å². The maximum Gasteiger partial charge on any atom is 0.301 e. The van der Waals surface area contributed by atoms with Gasteiger partial charge in [0, 0.05) is 31.3 Å². The molecule has 0 amide bonds. The van der Waals surface area contributed by atoms with Crippen LogP contribution in [-0.4, -0.2) is 41.9 Å². The van der Waals surface area contributed by atoms with Gasteiger partial charge < -0.3 is 0 Å². The van der Waals surface area contributed by atoms with E-state index in [0.29, 0.717) is 6.42 Å². The van der Waals surface area contributed by atoms with Gasteiger partial charge in [-0.2, -0.15) is 9.41 Å². The Morgan fingerprint density at radius 1 is 1.23 bits per heavy atom. The molecule has 35 heavy (non-hydrogen) atoms. The molecule has 2 atom stereocenters. The first-order valence-corrected chi connectivity index (χ1v) is 12.2. The Bertz CT molecular complexity index is 1290. The summed E-state index contributed by atoms with van der Waals surface area (Å²) in [5, 5.41) is 26.3. The van der Waals surface area contributed by atoms with E-state index in [1.807, 2.05) is 20.8 Å². The number of rotatable bonds is 9. The van der Waals surface area contributed by atoms with E-state index in [9.17, 15) is 28.6 Å². The molecule has 2 aromatic carbocycles. The van der Waals surface area contributed by atoms with Crippen molar-refractivity contribution < 1.29 is 18.3 Å². The van der Waals surface area contributed by atoms with Crippen LogP contribution in [0, 0.1) is 38.5 Å². The molecule has 12 heteroatoms. The van der Waals surface area contributed by atoms with Gasteiger partial charge in [-0.25, -0.2) is 8.42 Å². The fraction of sp³-hybridized carbons (Fsp3) is 0.348. The number of hydrogen-bond acceptors (Lipinski definition) is 8. The zero-order chi connectivity index (χ0) is 26.0. The highest BCUT2D eigenvalue weighted by Crippen LogP contribution is 2.43. The lowest BCUT2D eigenvalue weighted by molar-refractivity contribution is -0.393. The molecule has 2 aromatic rings. The summed E-state index contributed by atoms with van der Waals surface area (Å²) >= 11 is 0. The van der Waals surface area contributed by atoms with Gasteiger partial charge >= 0.3 is 5.69 Å². The molecule has 0 spiro atoms. The molecule has 1 aliphatic heterocycles. The van der Waals surface area contributed by atoms with Crippen molar-refractivity contribution in [2.75, 3.05) is 18.5 Å². The molecule has 1 aliphatic rings. The number of non-ortho nitro benzene ring substituents is 1. The number of hydrazone groups is 1. The quantitative estimate of drug-likeness (QED) is 0.230. The minimum absolute atomic E-state index is 0.00783. The van der Waals surface area contributed by atoms with Crippen molar-refractivity contribution in [1.82, 2.24) is 4.31 Å². The fourth-order valence-corrected chi connectivity index (χ4v) is 5.84. The number of sulfonamides is 1. The second-order valence-electron chi connectivity index (χ2n) is 9.01. The van der Waals surface area contributed by atoms with Crippen molar-refractivity contribution in [2.45, 2.75) is 32.1 Å². The van der Waals surface area contributed by atoms with Gasteiger partial charge in [0.1, 0.15) is 5.69 Å². The van der Waals surface area contributed by atoms with Crippen molar-refractivity contribution in [3.05, 3.63) is 80.4 Å². The van der Waals surface area contributed by atoms with Crippen molar-refractivity contribution in [3.8, 4) is 0 Å². The van der Waals surface area contributed by atoms with Gasteiger partial charge in [0.2, 0.25) is 10.0 Å². The van der Waals surface area contributed by atoms with Crippen LogP contribution in [0.5, 0.6) is 0 Å². The van der Waals surface area contributed by atoms with Crippen LogP contribution in [0.15, 0.2) is 64.6 Å². The second-order valence-corrected chi connectivity index (χ2v) is 10.9. The van der Waals surface area contributed by atoms with Crippen LogP contribution < -0.4 is 5.43 Å². The Labute approximate surface area is 203 Å². The number of hydrogen-bond donors (Lipinski definition) is 1. The highest BCUT2D eigenvalue weighted by molar-refractivity contribution is 7.89. The van der Waals surface area contributed by atoms with E-state index in [-0.39, 0.29) is 29.6 Å². The SMILES string of the molecule is C=C(C)[C@@H]1CN(S(=O)(=O)c2ccc(C)cc2)C[C@]1(C)C/C=N/Nc1ccc([N+](=O)[O-])cc1[N+](=O)[O-]. The first-order valence-electron chi connectivity index (χ1n) is 10.8. The third kappa shape index (κ3) is 5.54. The zero-order valence-electron chi connectivity index (χ0n) is 19.7. The van der Waals surface area contributed by atoms with E-state index in [2.05, 4.69) is 17.1 Å². The Balaban J connectivity index is 1.78. The lowest BCUT2D eigenvalue weighted by Crippen LogP contribution is -2.31. The van der Waals surface area contributed by atoms with E-state index in [0.717, 1.165) is 23.3 Å². The molecule has 1 saturated heterocycles. The van der Waals surface area contributed by atoms with Crippen LogP contribution in [0.4, 0.5) is 17.1 Å².